The van der Waals surface area contributed by atoms with Crippen molar-refractivity contribution in [2.75, 3.05) is 13.2 Å². The van der Waals surface area contributed by atoms with Crippen molar-refractivity contribution in [2.24, 2.45) is 5.73 Å². The van der Waals surface area contributed by atoms with Crippen LogP contribution in [0.3, 0.4) is 0 Å². The minimum Gasteiger partial charge on any atom is -0.350 e. The molecule has 1 aromatic rings. The number of primary amides is 1. The van der Waals surface area contributed by atoms with Gasteiger partial charge in [-0.15, -0.1) is 0 Å². The van der Waals surface area contributed by atoms with Crippen molar-refractivity contribution in [3.05, 3.63) is 41.2 Å². The van der Waals surface area contributed by atoms with E-state index >= 15 is 0 Å². The quantitative estimate of drug-likeness (QED) is 0.550. The second-order valence-corrected chi connectivity index (χ2v) is 3.77. The molecule has 0 aliphatic carbocycles. The number of nitrogens with two attached hydrogens (primary N) is 1. The zero-order valence-electron chi connectivity index (χ0n) is 9.39. The zero-order valence-corrected chi connectivity index (χ0v) is 9.39. The van der Waals surface area contributed by atoms with Crippen LogP contribution in [0, 0.1) is 5.82 Å². The summed E-state index contributed by atoms with van der Waals surface area (Å²) in [6.45, 7) is 0.131. The Kier molecular flexibility index (Phi) is 3.45. The summed E-state index contributed by atoms with van der Waals surface area (Å²) in [6, 6.07) is 4.81. The fourth-order valence-electron chi connectivity index (χ4n) is 1.60. The minimum atomic E-state index is -0.951. The van der Waals surface area contributed by atoms with Gasteiger partial charge in [-0.25, -0.2) is 14.2 Å². The molecule has 1 aliphatic rings. The predicted molar refractivity (Wildman–Crippen MR) is 60.5 cm³/mol. The van der Waals surface area contributed by atoms with E-state index in [9.17, 15) is 14.4 Å². The minimum absolute atomic E-state index is 0.0744. The van der Waals surface area contributed by atoms with E-state index in [1.807, 2.05) is 0 Å². The largest absolute Gasteiger partial charge is 0.350 e. The summed E-state index contributed by atoms with van der Waals surface area (Å²) in [6.07, 6.45) is 0. The fraction of sp³-hybridized carbons (Fsp3) is 0.182. The standard InChI is InChI=1S/C11H12FN3O3/c12-9-3-1-7(2-4-9)10-8(6-18-14-10)5-15(17)11(13)16/h1-4,14,17H,5-6H2,(H2,13,16). The Balaban J connectivity index is 2.23. The Morgan fingerprint density at radius 1 is 1.50 bits per heavy atom. The van der Waals surface area contributed by atoms with Crippen molar-refractivity contribution in [1.29, 1.82) is 0 Å². The number of nitrogens with one attached hydrogen (secondary N) is 1. The number of hydrogen-bond acceptors (Lipinski definition) is 4. The smallest absolute Gasteiger partial charge is 0.338 e. The van der Waals surface area contributed by atoms with Gasteiger partial charge in [0.05, 0.1) is 18.8 Å². The number of nitrogens with zero attached hydrogens (tertiary/aromatic N) is 1. The molecule has 1 heterocycles. The highest BCUT2D eigenvalue weighted by atomic mass is 19.1. The molecule has 0 radical (unpaired) electrons. The molecule has 0 spiro atoms. The number of rotatable bonds is 3. The first-order chi connectivity index (χ1) is 8.58. The van der Waals surface area contributed by atoms with Gasteiger partial charge in [-0.2, -0.15) is 0 Å². The number of hydrogen-bond donors (Lipinski definition) is 3. The number of benzene rings is 1. The van der Waals surface area contributed by atoms with Gasteiger partial charge in [0.1, 0.15) is 5.82 Å². The molecular formula is C11H12FN3O3. The average molecular weight is 253 g/mol. The lowest BCUT2D eigenvalue weighted by Crippen LogP contribution is -2.34. The molecule has 0 unspecified atom stereocenters. The van der Waals surface area contributed by atoms with Crippen LogP contribution in [0.2, 0.25) is 0 Å². The maximum Gasteiger partial charge on any atom is 0.338 e. The van der Waals surface area contributed by atoms with E-state index < -0.39 is 6.03 Å². The molecule has 1 aromatic carbocycles. The molecular weight excluding hydrogens is 241 g/mol. The third-order valence-electron chi connectivity index (χ3n) is 2.50. The van der Waals surface area contributed by atoms with Gasteiger partial charge < -0.3 is 5.73 Å². The van der Waals surface area contributed by atoms with Gasteiger partial charge in [0.25, 0.3) is 0 Å². The Hall–Kier alpha value is -2.12. The summed E-state index contributed by atoms with van der Waals surface area (Å²) in [5, 5.41) is 9.66. The molecule has 2 amide bonds. The summed E-state index contributed by atoms with van der Waals surface area (Å²) < 4.78 is 12.8. The molecule has 0 bridgehead atoms. The van der Waals surface area contributed by atoms with Crippen molar-refractivity contribution < 1.29 is 19.2 Å². The second-order valence-electron chi connectivity index (χ2n) is 3.77. The molecule has 0 saturated carbocycles. The lowest BCUT2D eigenvalue weighted by Gasteiger charge is -2.12. The molecule has 96 valence electrons. The highest BCUT2D eigenvalue weighted by Crippen LogP contribution is 2.21. The first-order valence-electron chi connectivity index (χ1n) is 5.19. The third-order valence-corrected chi connectivity index (χ3v) is 2.50. The van der Waals surface area contributed by atoms with E-state index in [-0.39, 0.29) is 19.0 Å². The lowest BCUT2D eigenvalue weighted by atomic mass is 10.1. The van der Waals surface area contributed by atoms with Crippen LogP contribution in [0.15, 0.2) is 29.8 Å². The van der Waals surface area contributed by atoms with Gasteiger partial charge in [0.15, 0.2) is 0 Å². The first-order valence-corrected chi connectivity index (χ1v) is 5.19. The van der Waals surface area contributed by atoms with E-state index in [2.05, 4.69) is 5.48 Å². The normalized spacial score (nSPS) is 14.6. The van der Waals surface area contributed by atoms with Gasteiger partial charge in [-0.1, -0.05) is 0 Å². The van der Waals surface area contributed by atoms with E-state index in [0.29, 0.717) is 21.9 Å². The van der Waals surface area contributed by atoms with Crippen molar-refractivity contribution in [1.82, 2.24) is 10.5 Å². The molecule has 18 heavy (non-hydrogen) atoms. The number of carbonyl (C=O) groups excluding carboxylic acids is 1. The summed E-state index contributed by atoms with van der Waals surface area (Å²) in [4.78, 5) is 15.8. The Labute approximate surface area is 102 Å². The van der Waals surface area contributed by atoms with E-state index in [1.54, 1.807) is 12.1 Å². The summed E-state index contributed by atoms with van der Waals surface area (Å²) in [7, 11) is 0. The van der Waals surface area contributed by atoms with Crippen LogP contribution in [0.25, 0.3) is 5.70 Å². The highest BCUT2D eigenvalue weighted by Gasteiger charge is 2.20. The molecule has 0 fully saturated rings. The summed E-state index contributed by atoms with van der Waals surface area (Å²) >= 11 is 0. The second kappa shape index (κ2) is 5.03. The average Bonchev–Trinajstić information content (AvgIpc) is 2.78. The SMILES string of the molecule is NC(=O)N(O)CC1=C(c2ccc(F)cc2)NOC1. The summed E-state index contributed by atoms with van der Waals surface area (Å²) in [5.41, 5.74) is 9.51. The van der Waals surface area contributed by atoms with E-state index in [0.717, 1.165) is 0 Å². The Morgan fingerprint density at radius 3 is 2.78 bits per heavy atom. The van der Waals surface area contributed by atoms with Crippen molar-refractivity contribution in [2.45, 2.75) is 0 Å². The van der Waals surface area contributed by atoms with E-state index in [1.165, 1.54) is 12.1 Å². The molecule has 0 aromatic heterocycles. The number of urea groups is 1. The van der Waals surface area contributed by atoms with Crippen LogP contribution in [-0.4, -0.2) is 29.5 Å². The van der Waals surface area contributed by atoms with Crippen LogP contribution in [0.1, 0.15) is 5.56 Å². The third kappa shape index (κ3) is 2.58. The van der Waals surface area contributed by atoms with Crippen LogP contribution in [0.4, 0.5) is 9.18 Å². The van der Waals surface area contributed by atoms with Gasteiger partial charge in [-0.05, 0) is 24.3 Å². The maximum atomic E-state index is 12.8. The summed E-state index contributed by atoms with van der Waals surface area (Å²) in [5.74, 6) is -0.347. The Morgan fingerprint density at radius 2 is 2.17 bits per heavy atom. The van der Waals surface area contributed by atoms with E-state index in [4.69, 9.17) is 10.6 Å². The molecule has 4 N–H and O–H groups in total. The lowest BCUT2D eigenvalue weighted by molar-refractivity contribution is -0.0326. The monoisotopic (exact) mass is 253 g/mol. The number of carbonyl (C=O) groups is 1. The highest BCUT2D eigenvalue weighted by molar-refractivity contribution is 5.73. The molecule has 0 saturated heterocycles. The van der Waals surface area contributed by atoms with Crippen molar-refractivity contribution in [3.8, 4) is 0 Å². The number of hydroxylamine groups is 3. The molecule has 7 heteroatoms. The van der Waals surface area contributed by atoms with Crippen LogP contribution in [-0.2, 0) is 4.84 Å². The topological polar surface area (TPSA) is 87.8 Å². The van der Waals surface area contributed by atoms with Crippen LogP contribution >= 0.6 is 0 Å². The Bertz CT molecular complexity index is 487. The van der Waals surface area contributed by atoms with Gasteiger partial charge in [0.2, 0.25) is 0 Å². The van der Waals surface area contributed by atoms with Gasteiger partial charge >= 0.3 is 6.03 Å². The fourth-order valence-corrected chi connectivity index (χ4v) is 1.60. The van der Waals surface area contributed by atoms with Crippen molar-refractivity contribution in [3.63, 3.8) is 0 Å². The first kappa shape index (κ1) is 12.3. The van der Waals surface area contributed by atoms with Gasteiger partial charge in [0, 0.05) is 11.1 Å². The molecule has 6 nitrogen and oxygen atoms in total. The number of amides is 2. The number of halogens is 1. The zero-order chi connectivity index (χ0) is 13.1. The van der Waals surface area contributed by atoms with Crippen LogP contribution in [0.5, 0.6) is 0 Å². The molecule has 1 aliphatic heterocycles. The van der Waals surface area contributed by atoms with Gasteiger partial charge in [-0.3, -0.25) is 15.5 Å². The maximum absolute atomic E-state index is 12.8. The molecule has 2 rings (SSSR count). The molecule has 0 atom stereocenters. The van der Waals surface area contributed by atoms with Crippen LogP contribution < -0.4 is 11.2 Å². The van der Waals surface area contributed by atoms with Crippen molar-refractivity contribution >= 4 is 11.7 Å². The predicted octanol–water partition coefficient (Wildman–Crippen LogP) is 0.842.